The van der Waals surface area contributed by atoms with Crippen molar-refractivity contribution in [3.8, 4) is 0 Å². The molecule has 0 aliphatic rings. The first kappa shape index (κ1) is 14.7. The van der Waals surface area contributed by atoms with Crippen LogP contribution in [0, 0.1) is 0 Å². The van der Waals surface area contributed by atoms with Gasteiger partial charge in [-0.05, 0) is 20.8 Å². The van der Waals surface area contributed by atoms with E-state index < -0.39 is 0 Å². The van der Waals surface area contributed by atoms with Crippen LogP contribution in [-0.2, 0) is 10.3 Å². The van der Waals surface area contributed by atoms with Crippen molar-refractivity contribution in [1.29, 1.82) is 0 Å². The van der Waals surface area contributed by atoms with Crippen molar-refractivity contribution in [3.05, 3.63) is 22.7 Å². The summed E-state index contributed by atoms with van der Waals surface area (Å²) in [4.78, 5) is 16.2. The van der Waals surface area contributed by atoms with Gasteiger partial charge in [0.25, 0.3) is 5.56 Å². The van der Waals surface area contributed by atoms with E-state index in [0.29, 0.717) is 6.61 Å². The maximum absolute atomic E-state index is 12.2. The summed E-state index contributed by atoms with van der Waals surface area (Å²) < 4.78 is 6.55. The monoisotopic (exact) mass is 255 g/mol. The van der Waals surface area contributed by atoms with Gasteiger partial charge in [0.05, 0.1) is 19.3 Å². The van der Waals surface area contributed by atoms with Crippen molar-refractivity contribution in [3.63, 3.8) is 0 Å². The highest BCUT2D eigenvalue weighted by atomic mass is 16.5. The second-order valence-corrected chi connectivity index (χ2v) is 5.10. The second kappa shape index (κ2) is 5.97. The van der Waals surface area contributed by atoms with Gasteiger partial charge >= 0.3 is 0 Å². The van der Waals surface area contributed by atoms with E-state index in [-0.39, 0.29) is 29.6 Å². The van der Waals surface area contributed by atoms with Crippen LogP contribution in [0.3, 0.4) is 0 Å². The summed E-state index contributed by atoms with van der Waals surface area (Å²) in [5.74, 6) is 0.225. The summed E-state index contributed by atoms with van der Waals surface area (Å²) in [5.41, 5.74) is -0.522. The molecule has 1 atom stereocenters. The molecule has 2 N–H and O–H groups in total. The second-order valence-electron chi connectivity index (χ2n) is 5.10. The van der Waals surface area contributed by atoms with E-state index in [4.69, 9.17) is 9.84 Å². The summed E-state index contributed by atoms with van der Waals surface area (Å²) in [6, 6.07) is -0.342. The minimum atomic E-state index is -0.342. The number of methoxy groups -OCH3 is 1. The maximum atomic E-state index is 12.2. The molecule has 1 aromatic heterocycles. The molecular weight excluding hydrogens is 234 g/mol. The summed E-state index contributed by atoms with van der Waals surface area (Å²) >= 11 is 0. The van der Waals surface area contributed by atoms with Crippen LogP contribution in [-0.4, -0.2) is 41.0 Å². The quantitative estimate of drug-likeness (QED) is 0.797. The smallest absolute Gasteiger partial charge is 0.293 e. The van der Waals surface area contributed by atoms with Gasteiger partial charge in [-0.15, -0.1) is 0 Å². The molecule has 1 heterocycles. The molecule has 0 fully saturated rings. The Labute approximate surface area is 107 Å². The lowest BCUT2D eigenvalue weighted by molar-refractivity contribution is 0.153. The number of anilines is 1. The minimum absolute atomic E-state index is 0.126. The normalized spacial score (nSPS) is 13.4. The van der Waals surface area contributed by atoms with Gasteiger partial charge in [0, 0.05) is 25.0 Å². The number of aliphatic hydroxyl groups is 1. The zero-order chi connectivity index (χ0) is 13.8. The van der Waals surface area contributed by atoms with Gasteiger partial charge in [-0.25, -0.2) is 4.98 Å². The fourth-order valence-electron chi connectivity index (χ4n) is 1.57. The van der Waals surface area contributed by atoms with Gasteiger partial charge in [-0.3, -0.25) is 4.79 Å². The molecule has 0 aliphatic carbocycles. The molecule has 1 rings (SSSR count). The highest BCUT2D eigenvalue weighted by Gasteiger charge is 2.18. The Morgan fingerprint density at radius 2 is 2.22 bits per heavy atom. The first-order valence-electron chi connectivity index (χ1n) is 5.84. The lowest BCUT2D eigenvalue weighted by atomic mass is 10.1. The van der Waals surface area contributed by atoms with Gasteiger partial charge in [-0.1, -0.05) is 0 Å². The van der Waals surface area contributed by atoms with Crippen molar-refractivity contribution in [2.45, 2.75) is 32.4 Å². The Morgan fingerprint density at radius 3 is 2.72 bits per heavy atom. The number of ether oxygens (including phenoxy) is 1. The first-order chi connectivity index (χ1) is 8.40. The van der Waals surface area contributed by atoms with Crippen LogP contribution < -0.4 is 10.9 Å². The van der Waals surface area contributed by atoms with E-state index in [2.05, 4.69) is 10.3 Å². The van der Waals surface area contributed by atoms with Gasteiger partial charge in [0.2, 0.25) is 0 Å². The third-order valence-corrected chi connectivity index (χ3v) is 2.49. The molecule has 1 unspecified atom stereocenters. The van der Waals surface area contributed by atoms with Crippen LogP contribution >= 0.6 is 0 Å². The predicted molar refractivity (Wildman–Crippen MR) is 69.9 cm³/mol. The topological polar surface area (TPSA) is 76.4 Å². The highest BCUT2D eigenvalue weighted by Crippen LogP contribution is 2.11. The van der Waals surface area contributed by atoms with Crippen LogP contribution in [0.1, 0.15) is 20.8 Å². The number of aliphatic hydroxyl groups excluding tert-OH is 1. The van der Waals surface area contributed by atoms with Crippen molar-refractivity contribution >= 4 is 5.82 Å². The fourth-order valence-corrected chi connectivity index (χ4v) is 1.57. The van der Waals surface area contributed by atoms with Gasteiger partial charge < -0.3 is 19.7 Å². The minimum Gasteiger partial charge on any atom is -0.394 e. The molecule has 0 aliphatic heterocycles. The molecule has 6 nitrogen and oxygen atoms in total. The van der Waals surface area contributed by atoms with Crippen LogP contribution in [0.5, 0.6) is 0 Å². The lowest BCUT2D eigenvalue weighted by Gasteiger charge is -2.23. The molecule has 1 aromatic rings. The average Bonchev–Trinajstić information content (AvgIpc) is 2.29. The van der Waals surface area contributed by atoms with E-state index in [1.807, 2.05) is 20.8 Å². The Kier molecular flexibility index (Phi) is 4.86. The van der Waals surface area contributed by atoms with Crippen LogP contribution in [0.4, 0.5) is 5.82 Å². The molecule has 0 amide bonds. The molecule has 0 saturated carbocycles. The molecule has 0 aromatic carbocycles. The molecule has 18 heavy (non-hydrogen) atoms. The predicted octanol–water partition coefficient (Wildman–Crippen LogP) is 0.417. The number of hydrogen-bond acceptors (Lipinski definition) is 5. The van der Waals surface area contributed by atoms with Crippen molar-refractivity contribution < 1.29 is 9.84 Å². The maximum Gasteiger partial charge on any atom is 0.293 e. The van der Waals surface area contributed by atoms with Gasteiger partial charge in [0.15, 0.2) is 5.82 Å². The Hall–Kier alpha value is -1.40. The standard InChI is InChI=1S/C12H21N3O3/c1-12(2,3)15-6-5-13-10(11(15)17)14-9(7-16)8-18-4/h5-6,9,16H,7-8H2,1-4H3,(H,13,14). The molecular formula is C12H21N3O3. The zero-order valence-corrected chi connectivity index (χ0v) is 11.3. The molecule has 102 valence electrons. The molecule has 6 heteroatoms. The van der Waals surface area contributed by atoms with Crippen molar-refractivity contribution in [2.75, 3.05) is 25.6 Å². The molecule has 0 spiro atoms. The number of aromatic nitrogens is 2. The lowest BCUT2D eigenvalue weighted by Crippen LogP contribution is -2.38. The van der Waals surface area contributed by atoms with Crippen molar-refractivity contribution in [1.82, 2.24) is 9.55 Å². The van der Waals surface area contributed by atoms with E-state index in [1.165, 1.54) is 7.11 Å². The first-order valence-corrected chi connectivity index (χ1v) is 5.84. The van der Waals surface area contributed by atoms with E-state index >= 15 is 0 Å². The largest absolute Gasteiger partial charge is 0.394 e. The third-order valence-electron chi connectivity index (χ3n) is 2.49. The SMILES string of the molecule is COCC(CO)Nc1nccn(C(C)(C)C)c1=O. The molecule has 0 radical (unpaired) electrons. The summed E-state index contributed by atoms with van der Waals surface area (Å²) in [7, 11) is 1.54. The zero-order valence-electron chi connectivity index (χ0n) is 11.3. The molecule has 0 saturated heterocycles. The average molecular weight is 255 g/mol. The number of nitrogens with zero attached hydrogens (tertiary/aromatic N) is 2. The number of hydrogen-bond donors (Lipinski definition) is 2. The highest BCUT2D eigenvalue weighted by molar-refractivity contribution is 5.32. The van der Waals surface area contributed by atoms with E-state index in [0.717, 1.165) is 0 Å². The van der Waals surface area contributed by atoms with Gasteiger partial charge in [0.1, 0.15) is 0 Å². The van der Waals surface area contributed by atoms with E-state index in [1.54, 1.807) is 17.0 Å². The summed E-state index contributed by atoms with van der Waals surface area (Å²) in [6.45, 7) is 6.01. The summed E-state index contributed by atoms with van der Waals surface area (Å²) in [5, 5.41) is 12.1. The van der Waals surface area contributed by atoms with Crippen LogP contribution in [0.25, 0.3) is 0 Å². The third kappa shape index (κ3) is 3.54. The Bertz CT molecular complexity index is 437. The van der Waals surface area contributed by atoms with Crippen molar-refractivity contribution in [2.24, 2.45) is 0 Å². The number of nitrogens with one attached hydrogen (secondary N) is 1. The van der Waals surface area contributed by atoms with Crippen LogP contribution in [0.2, 0.25) is 0 Å². The van der Waals surface area contributed by atoms with Crippen LogP contribution in [0.15, 0.2) is 17.2 Å². The summed E-state index contributed by atoms with van der Waals surface area (Å²) in [6.07, 6.45) is 3.22. The molecule has 0 bridgehead atoms. The number of rotatable bonds is 5. The Morgan fingerprint density at radius 1 is 1.56 bits per heavy atom. The van der Waals surface area contributed by atoms with Gasteiger partial charge in [-0.2, -0.15) is 0 Å². The van der Waals surface area contributed by atoms with E-state index in [9.17, 15) is 4.79 Å². The Balaban J connectivity index is 3.01. The fraction of sp³-hybridized carbons (Fsp3) is 0.667.